The molecule has 0 saturated heterocycles. The fourth-order valence-corrected chi connectivity index (χ4v) is 1.76. The van der Waals surface area contributed by atoms with Crippen LogP contribution in [0.4, 0.5) is 5.95 Å². The van der Waals surface area contributed by atoms with E-state index in [9.17, 15) is 0 Å². The van der Waals surface area contributed by atoms with Gasteiger partial charge in [-0.2, -0.15) is 4.98 Å². The summed E-state index contributed by atoms with van der Waals surface area (Å²) in [5.74, 6) is 1.27. The van der Waals surface area contributed by atoms with Gasteiger partial charge in [-0.05, 0) is 40.0 Å². The van der Waals surface area contributed by atoms with Gasteiger partial charge in [-0.1, -0.05) is 12.1 Å². The van der Waals surface area contributed by atoms with E-state index in [1.807, 2.05) is 24.3 Å². The number of nitrogens with zero attached hydrogens (tertiary/aromatic N) is 2. The fraction of sp³-hybridized carbons (Fsp3) is 0.231. The lowest BCUT2D eigenvalue weighted by atomic mass is 10.1. The number of methoxy groups -OCH3 is 1. The summed E-state index contributed by atoms with van der Waals surface area (Å²) in [6.45, 7) is 0.703. The van der Waals surface area contributed by atoms with Gasteiger partial charge in [0.05, 0.1) is 17.3 Å². The lowest BCUT2D eigenvalue weighted by molar-refractivity contribution is 0.202. The average Bonchev–Trinajstić information content (AvgIpc) is 2.42. The quantitative estimate of drug-likeness (QED) is 0.916. The van der Waals surface area contributed by atoms with Crippen molar-refractivity contribution < 1.29 is 9.47 Å². The van der Waals surface area contributed by atoms with E-state index in [-0.39, 0.29) is 5.95 Å². The number of benzene rings is 1. The predicted octanol–water partition coefficient (Wildman–Crippen LogP) is 2.80. The zero-order valence-electron chi connectivity index (χ0n) is 10.5. The number of hydrogen-bond donors (Lipinski definition) is 1. The molecule has 19 heavy (non-hydrogen) atoms. The predicted molar refractivity (Wildman–Crippen MR) is 76.2 cm³/mol. The first-order valence-corrected chi connectivity index (χ1v) is 6.52. The zero-order chi connectivity index (χ0) is 13.7. The largest absolute Gasteiger partial charge is 0.438 e. The van der Waals surface area contributed by atoms with Gasteiger partial charge in [0.2, 0.25) is 11.8 Å². The van der Waals surface area contributed by atoms with Crippen molar-refractivity contribution in [1.29, 1.82) is 0 Å². The van der Waals surface area contributed by atoms with Crippen molar-refractivity contribution in [3.63, 3.8) is 0 Å². The Morgan fingerprint density at radius 2 is 2.00 bits per heavy atom. The molecule has 0 aliphatic heterocycles. The third kappa shape index (κ3) is 3.90. The molecule has 100 valence electrons. The second-order valence-electron chi connectivity index (χ2n) is 3.87. The van der Waals surface area contributed by atoms with Gasteiger partial charge < -0.3 is 15.2 Å². The third-order valence-corrected chi connectivity index (χ3v) is 3.01. The Labute approximate surface area is 119 Å². The molecular formula is C13H14BrN3O2. The number of halogens is 1. The Morgan fingerprint density at radius 1 is 1.26 bits per heavy atom. The molecule has 5 nitrogen and oxygen atoms in total. The summed E-state index contributed by atoms with van der Waals surface area (Å²) in [5, 5.41) is 0. The van der Waals surface area contributed by atoms with Gasteiger partial charge in [-0.15, -0.1) is 0 Å². The van der Waals surface area contributed by atoms with Crippen LogP contribution in [0.3, 0.4) is 0 Å². The highest BCUT2D eigenvalue weighted by Gasteiger charge is 2.06. The summed E-state index contributed by atoms with van der Waals surface area (Å²) < 4.78 is 11.3. The molecule has 6 heteroatoms. The molecule has 0 amide bonds. The Morgan fingerprint density at radius 3 is 2.68 bits per heavy atom. The molecule has 1 aromatic heterocycles. The minimum Gasteiger partial charge on any atom is -0.438 e. The van der Waals surface area contributed by atoms with Crippen LogP contribution in [0.5, 0.6) is 11.6 Å². The van der Waals surface area contributed by atoms with E-state index in [1.54, 1.807) is 13.3 Å². The Kier molecular flexibility index (Phi) is 4.70. The molecule has 0 unspecified atom stereocenters. The highest BCUT2D eigenvalue weighted by molar-refractivity contribution is 9.10. The van der Waals surface area contributed by atoms with Crippen LogP contribution in [0.25, 0.3) is 0 Å². The van der Waals surface area contributed by atoms with Crippen LogP contribution in [0.15, 0.2) is 34.9 Å². The highest BCUT2D eigenvalue weighted by Crippen LogP contribution is 2.27. The van der Waals surface area contributed by atoms with Crippen LogP contribution in [0.1, 0.15) is 5.56 Å². The molecule has 1 aromatic carbocycles. The van der Waals surface area contributed by atoms with Crippen LogP contribution < -0.4 is 10.5 Å². The van der Waals surface area contributed by atoms with Crippen LogP contribution in [-0.2, 0) is 11.2 Å². The normalized spacial score (nSPS) is 10.4. The molecular weight excluding hydrogens is 310 g/mol. The first-order chi connectivity index (χ1) is 9.19. The summed E-state index contributed by atoms with van der Waals surface area (Å²) in [6, 6.07) is 7.76. The van der Waals surface area contributed by atoms with E-state index in [0.29, 0.717) is 22.7 Å². The Balaban J connectivity index is 2.08. The van der Waals surface area contributed by atoms with Gasteiger partial charge in [0.1, 0.15) is 5.75 Å². The highest BCUT2D eigenvalue weighted by atomic mass is 79.9. The molecule has 0 radical (unpaired) electrons. The van der Waals surface area contributed by atoms with Crippen molar-refractivity contribution in [2.24, 2.45) is 0 Å². The standard InChI is InChI=1S/C13H14BrN3O2/c1-18-7-6-9-2-4-10(5-3-9)19-12-11(14)8-16-13(15)17-12/h2-5,8H,6-7H2,1H3,(H2,15,16,17). The Bertz CT molecular complexity index is 546. The number of nitrogen functional groups attached to an aromatic ring is 1. The van der Waals surface area contributed by atoms with Crippen molar-refractivity contribution in [3.8, 4) is 11.6 Å². The lowest BCUT2D eigenvalue weighted by Crippen LogP contribution is -1.98. The number of aromatic nitrogens is 2. The second-order valence-corrected chi connectivity index (χ2v) is 4.72. The van der Waals surface area contributed by atoms with Crippen molar-refractivity contribution in [2.75, 3.05) is 19.5 Å². The first-order valence-electron chi connectivity index (χ1n) is 5.73. The Hall–Kier alpha value is -1.66. The van der Waals surface area contributed by atoms with Gasteiger partial charge in [-0.25, -0.2) is 4.98 Å². The van der Waals surface area contributed by atoms with Crippen molar-refractivity contribution >= 4 is 21.9 Å². The average molecular weight is 324 g/mol. The summed E-state index contributed by atoms with van der Waals surface area (Å²) in [5.41, 5.74) is 6.71. The van der Waals surface area contributed by atoms with Crippen molar-refractivity contribution in [3.05, 3.63) is 40.5 Å². The van der Waals surface area contributed by atoms with Crippen molar-refractivity contribution in [2.45, 2.75) is 6.42 Å². The number of anilines is 1. The number of rotatable bonds is 5. The lowest BCUT2D eigenvalue weighted by Gasteiger charge is -2.07. The summed E-state index contributed by atoms with van der Waals surface area (Å²) >= 11 is 3.31. The molecule has 0 aliphatic rings. The SMILES string of the molecule is COCCc1ccc(Oc2nc(N)ncc2Br)cc1. The van der Waals surface area contributed by atoms with Gasteiger partial charge in [0.15, 0.2) is 0 Å². The van der Waals surface area contributed by atoms with Gasteiger partial charge >= 0.3 is 0 Å². The maximum atomic E-state index is 5.64. The topological polar surface area (TPSA) is 70.3 Å². The summed E-state index contributed by atoms with van der Waals surface area (Å²) in [7, 11) is 1.69. The molecule has 0 atom stereocenters. The van der Waals surface area contributed by atoms with E-state index in [2.05, 4.69) is 25.9 Å². The van der Waals surface area contributed by atoms with E-state index in [0.717, 1.165) is 6.42 Å². The van der Waals surface area contributed by atoms with Gasteiger partial charge in [0, 0.05) is 7.11 Å². The van der Waals surface area contributed by atoms with Crippen molar-refractivity contribution in [1.82, 2.24) is 9.97 Å². The number of nitrogens with two attached hydrogens (primary N) is 1. The third-order valence-electron chi connectivity index (χ3n) is 2.46. The van der Waals surface area contributed by atoms with E-state index in [4.69, 9.17) is 15.2 Å². The molecule has 0 bridgehead atoms. The van der Waals surface area contributed by atoms with Crippen LogP contribution in [-0.4, -0.2) is 23.7 Å². The summed E-state index contributed by atoms with van der Waals surface area (Å²) in [4.78, 5) is 7.87. The maximum Gasteiger partial charge on any atom is 0.238 e. The van der Waals surface area contributed by atoms with E-state index >= 15 is 0 Å². The molecule has 0 saturated carbocycles. The van der Waals surface area contributed by atoms with Gasteiger partial charge in [0.25, 0.3) is 0 Å². The van der Waals surface area contributed by atoms with Crippen LogP contribution >= 0.6 is 15.9 Å². The van der Waals surface area contributed by atoms with Gasteiger partial charge in [-0.3, -0.25) is 0 Å². The van der Waals surface area contributed by atoms with E-state index < -0.39 is 0 Å². The minimum atomic E-state index is 0.176. The molecule has 0 spiro atoms. The minimum absolute atomic E-state index is 0.176. The monoisotopic (exact) mass is 323 g/mol. The number of ether oxygens (including phenoxy) is 2. The maximum absolute atomic E-state index is 5.64. The fourth-order valence-electron chi connectivity index (χ4n) is 1.49. The smallest absolute Gasteiger partial charge is 0.238 e. The molecule has 1 heterocycles. The van der Waals surface area contributed by atoms with E-state index in [1.165, 1.54) is 5.56 Å². The number of hydrogen-bond acceptors (Lipinski definition) is 5. The molecule has 2 aromatic rings. The molecule has 0 fully saturated rings. The van der Waals surface area contributed by atoms with Crippen LogP contribution in [0, 0.1) is 0 Å². The zero-order valence-corrected chi connectivity index (χ0v) is 12.1. The first kappa shape index (κ1) is 13.8. The second kappa shape index (κ2) is 6.49. The molecule has 2 rings (SSSR count). The van der Waals surface area contributed by atoms with Crippen LogP contribution in [0.2, 0.25) is 0 Å². The molecule has 0 aliphatic carbocycles. The molecule has 2 N–H and O–H groups in total. The summed E-state index contributed by atoms with van der Waals surface area (Å²) in [6.07, 6.45) is 2.44.